The number of aliphatic hydroxyl groups is 2. The number of aliphatic hydroxyl groups excluding tert-OH is 2. The lowest BCUT2D eigenvalue weighted by Crippen LogP contribution is -2.61. The fourth-order valence-electron chi connectivity index (χ4n) is 8.74. The van der Waals surface area contributed by atoms with Gasteiger partial charge in [-0.2, -0.15) is 0 Å². The number of carboxylic acid groups (broad SMARTS) is 1. The van der Waals surface area contributed by atoms with Gasteiger partial charge in [0.2, 0.25) is 0 Å². The second-order valence-corrected chi connectivity index (χ2v) is 20.6. The monoisotopic (exact) mass is 1080 g/mol. The van der Waals surface area contributed by atoms with E-state index in [2.05, 4.69) is 106 Å². The van der Waals surface area contributed by atoms with Crippen molar-refractivity contribution in [3.8, 4) is 0 Å². The van der Waals surface area contributed by atoms with Gasteiger partial charge in [-0.15, -0.1) is 0 Å². The molecule has 0 aromatic carbocycles. The third-order valence-corrected chi connectivity index (χ3v) is 13.4. The number of ether oxygens (including phenoxy) is 5. The Bertz CT molecular complexity index is 1660. The minimum absolute atomic E-state index is 0.0456. The molecule has 1 saturated heterocycles. The molecule has 12 heteroatoms. The quantitative estimate of drug-likeness (QED) is 0.0228. The fraction of sp³-hybridized carbons (Fsp3) is 0.723. The maximum atomic E-state index is 13.1. The van der Waals surface area contributed by atoms with Crippen LogP contribution < -0.4 is 0 Å². The van der Waals surface area contributed by atoms with E-state index < -0.39 is 67.3 Å². The minimum Gasteiger partial charge on any atom is -0.479 e. The van der Waals surface area contributed by atoms with Crippen LogP contribution in [-0.2, 0) is 42.9 Å². The van der Waals surface area contributed by atoms with Crippen LogP contribution in [0.5, 0.6) is 0 Å². The molecule has 1 aliphatic rings. The Kier molecular flexibility index (Phi) is 48.4. The highest BCUT2D eigenvalue weighted by Crippen LogP contribution is 2.26. The van der Waals surface area contributed by atoms with Gasteiger partial charge in [0.15, 0.2) is 24.6 Å². The van der Waals surface area contributed by atoms with Crippen molar-refractivity contribution in [1.82, 2.24) is 0 Å². The van der Waals surface area contributed by atoms with Crippen molar-refractivity contribution < 1.29 is 58.2 Å². The van der Waals surface area contributed by atoms with Crippen LogP contribution in [0, 0.1) is 0 Å². The number of esters is 3. The van der Waals surface area contributed by atoms with Crippen molar-refractivity contribution in [3.63, 3.8) is 0 Å². The number of rotatable bonds is 51. The number of unbranched alkanes of at least 4 members (excludes halogenated alkanes) is 23. The molecule has 1 fully saturated rings. The van der Waals surface area contributed by atoms with Crippen LogP contribution in [0.1, 0.15) is 252 Å². The van der Waals surface area contributed by atoms with E-state index in [1.165, 1.54) is 44.9 Å². The van der Waals surface area contributed by atoms with Gasteiger partial charge in [0.05, 0.1) is 6.61 Å². The molecule has 1 aliphatic heterocycles. The average molecular weight is 1080 g/mol. The predicted molar refractivity (Wildman–Crippen MR) is 312 cm³/mol. The Hall–Kier alpha value is -4.10. The summed E-state index contributed by atoms with van der Waals surface area (Å²) >= 11 is 0. The third kappa shape index (κ3) is 42.5. The largest absolute Gasteiger partial charge is 0.479 e. The summed E-state index contributed by atoms with van der Waals surface area (Å²) in [6.07, 6.45) is 55.4. The lowest BCUT2D eigenvalue weighted by molar-refractivity contribution is -0.301. The Balaban J connectivity index is 2.70. The molecule has 0 saturated carbocycles. The standard InChI is InChI=1S/C65H108O12/c1-4-7-10-13-16-19-22-25-27-29-31-34-36-39-42-45-48-51-57(66)73-54-56(75-58(67)52-49-46-43-40-37-33-24-21-18-15-12-9-6-3)55-74-65-63(61(70)60(69)62(77-65)64(71)72)76-59(68)53-50-47-44-41-38-35-32-30-28-26-23-20-17-14-11-8-5-2/h7,10,16-17,19-21,24-28,31,34,56,60-63,65,69-70H,4-6,8-9,11-15,18,22-23,29-30,32-33,35-55H2,1-3H3,(H,71,72)/b10-7-,19-16-,20-17-,24-21-,27-25-,28-26-,34-31-. The van der Waals surface area contributed by atoms with Gasteiger partial charge < -0.3 is 39.0 Å². The molecule has 6 unspecified atom stereocenters. The highest BCUT2D eigenvalue weighted by Gasteiger charge is 2.50. The minimum atomic E-state index is -1.91. The zero-order valence-corrected chi connectivity index (χ0v) is 48.4. The van der Waals surface area contributed by atoms with E-state index in [0.717, 1.165) is 148 Å². The smallest absolute Gasteiger partial charge is 0.335 e. The lowest BCUT2D eigenvalue weighted by Gasteiger charge is -2.40. The number of carbonyl (C=O) groups is 4. The average Bonchev–Trinajstić information content (AvgIpc) is 3.42. The second kappa shape index (κ2) is 52.6. The SMILES string of the molecule is CC/C=C\C/C=C\C/C=C\C/C=C\CCCCCCC(=O)OCC(COC1OC(C(=O)O)C(O)C(O)C1OC(=O)CCCCCCCCC/C=C\C/C=C\CCCCC)OC(=O)CCCCCCC/C=C\CCCCCC. The molecule has 0 aliphatic carbocycles. The first kappa shape index (κ1) is 70.9. The van der Waals surface area contributed by atoms with E-state index in [1.54, 1.807) is 0 Å². The maximum Gasteiger partial charge on any atom is 0.335 e. The van der Waals surface area contributed by atoms with Gasteiger partial charge in [-0.3, -0.25) is 14.4 Å². The van der Waals surface area contributed by atoms with E-state index >= 15 is 0 Å². The normalized spacial score (nSPS) is 18.6. The Labute approximate surface area is 467 Å². The molecule has 6 atom stereocenters. The van der Waals surface area contributed by atoms with E-state index in [1.807, 2.05) is 0 Å². The van der Waals surface area contributed by atoms with Crippen molar-refractivity contribution in [2.24, 2.45) is 0 Å². The number of hydrogen-bond donors (Lipinski definition) is 3. The molecule has 0 amide bonds. The van der Waals surface area contributed by atoms with Gasteiger partial charge in [-0.05, 0) is 116 Å². The molecule has 1 rings (SSSR count). The van der Waals surface area contributed by atoms with E-state index in [-0.39, 0.29) is 25.9 Å². The first-order valence-corrected chi connectivity index (χ1v) is 30.6. The number of aliphatic carboxylic acids is 1. The van der Waals surface area contributed by atoms with Crippen molar-refractivity contribution in [2.75, 3.05) is 13.2 Å². The zero-order chi connectivity index (χ0) is 56.1. The van der Waals surface area contributed by atoms with Gasteiger partial charge in [0.25, 0.3) is 0 Å². The molecule has 0 spiro atoms. The summed E-state index contributed by atoms with van der Waals surface area (Å²) in [6, 6.07) is 0. The molecule has 77 heavy (non-hydrogen) atoms. The van der Waals surface area contributed by atoms with Crippen molar-refractivity contribution in [3.05, 3.63) is 85.1 Å². The Morgan fingerprint density at radius 3 is 1.29 bits per heavy atom. The lowest BCUT2D eigenvalue weighted by atomic mass is 9.98. The van der Waals surface area contributed by atoms with E-state index in [9.17, 15) is 34.5 Å². The second-order valence-electron chi connectivity index (χ2n) is 20.6. The van der Waals surface area contributed by atoms with Crippen LogP contribution in [0.4, 0.5) is 0 Å². The maximum absolute atomic E-state index is 13.1. The molecule has 1 heterocycles. The van der Waals surface area contributed by atoms with Crippen LogP contribution in [0.3, 0.4) is 0 Å². The first-order valence-electron chi connectivity index (χ1n) is 30.6. The molecule has 3 N–H and O–H groups in total. The van der Waals surface area contributed by atoms with Crippen molar-refractivity contribution in [2.45, 2.75) is 289 Å². The van der Waals surface area contributed by atoms with Crippen LogP contribution in [-0.4, -0.2) is 89.2 Å². The van der Waals surface area contributed by atoms with Crippen molar-refractivity contribution >= 4 is 23.9 Å². The number of hydrogen-bond acceptors (Lipinski definition) is 11. The highest BCUT2D eigenvalue weighted by molar-refractivity contribution is 5.74. The summed E-state index contributed by atoms with van der Waals surface area (Å²) in [6.45, 7) is 5.81. The summed E-state index contributed by atoms with van der Waals surface area (Å²) in [7, 11) is 0. The summed E-state index contributed by atoms with van der Waals surface area (Å²) in [5, 5.41) is 31.5. The molecular weight excluding hydrogens is 973 g/mol. The fourth-order valence-corrected chi connectivity index (χ4v) is 8.74. The predicted octanol–water partition coefficient (Wildman–Crippen LogP) is 15.9. The van der Waals surface area contributed by atoms with Gasteiger partial charge in [-0.1, -0.05) is 202 Å². The van der Waals surface area contributed by atoms with Crippen LogP contribution >= 0.6 is 0 Å². The summed E-state index contributed by atoms with van der Waals surface area (Å²) in [4.78, 5) is 51.2. The number of allylic oxidation sites excluding steroid dienone is 14. The van der Waals surface area contributed by atoms with Crippen LogP contribution in [0.15, 0.2) is 85.1 Å². The van der Waals surface area contributed by atoms with Gasteiger partial charge in [0.1, 0.15) is 18.8 Å². The first-order chi connectivity index (χ1) is 37.6. The number of carbonyl (C=O) groups excluding carboxylic acids is 3. The Morgan fingerprint density at radius 2 is 0.818 bits per heavy atom. The topological polar surface area (TPSA) is 175 Å². The molecule has 12 nitrogen and oxygen atoms in total. The summed E-state index contributed by atoms with van der Waals surface area (Å²) < 4.78 is 28.4. The summed E-state index contributed by atoms with van der Waals surface area (Å²) in [5.41, 5.74) is 0. The number of carboxylic acids is 1. The zero-order valence-electron chi connectivity index (χ0n) is 48.4. The van der Waals surface area contributed by atoms with Gasteiger partial charge >= 0.3 is 23.9 Å². The molecule has 0 bridgehead atoms. The molecule has 0 radical (unpaired) electrons. The van der Waals surface area contributed by atoms with E-state index in [4.69, 9.17) is 23.7 Å². The van der Waals surface area contributed by atoms with Crippen LogP contribution in [0.25, 0.3) is 0 Å². The van der Waals surface area contributed by atoms with Crippen LogP contribution in [0.2, 0.25) is 0 Å². The van der Waals surface area contributed by atoms with E-state index in [0.29, 0.717) is 19.3 Å². The van der Waals surface area contributed by atoms with Gasteiger partial charge in [0, 0.05) is 19.3 Å². The molecule has 0 aromatic heterocycles. The van der Waals surface area contributed by atoms with Gasteiger partial charge in [-0.25, -0.2) is 4.79 Å². The third-order valence-electron chi connectivity index (χ3n) is 13.4. The molecule has 440 valence electrons. The highest BCUT2D eigenvalue weighted by atomic mass is 16.7. The summed E-state index contributed by atoms with van der Waals surface area (Å²) in [5.74, 6) is -3.17. The Morgan fingerprint density at radius 1 is 0.442 bits per heavy atom. The molecular formula is C65H108O12. The van der Waals surface area contributed by atoms with Crippen molar-refractivity contribution in [1.29, 1.82) is 0 Å². The molecule has 0 aromatic rings.